The molecule has 0 radical (unpaired) electrons. The molecule has 3 N–H and O–H groups in total. The molecule has 2 aromatic carbocycles. The third kappa shape index (κ3) is 2.68. The second kappa shape index (κ2) is 5.96. The normalized spacial score (nSPS) is 16.6. The van der Waals surface area contributed by atoms with Crippen molar-refractivity contribution in [3.8, 4) is 0 Å². The Hall–Kier alpha value is -2.75. The maximum absolute atomic E-state index is 12.9. The lowest BCUT2D eigenvalue weighted by Crippen LogP contribution is -2.31. The first-order valence-electron chi connectivity index (χ1n) is 8.72. The number of nitrogens with two attached hydrogens (primary N) is 1. The molecule has 1 heterocycles. The molecule has 0 aliphatic heterocycles. The van der Waals surface area contributed by atoms with E-state index in [1.165, 1.54) is 11.1 Å². The number of aryl methyl sites for hydroxylation is 3. The minimum atomic E-state index is -0.150. The molecule has 4 heteroatoms. The van der Waals surface area contributed by atoms with Crippen LogP contribution >= 0.6 is 0 Å². The van der Waals surface area contributed by atoms with Crippen LogP contribution in [0.25, 0.3) is 11.0 Å². The van der Waals surface area contributed by atoms with Crippen molar-refractivity contribution in [3.63, 3.8) is 0 Å². The van der Waals surface area contributed by atoms with E-state index >= 15 is 0 Å². The van der Waals surface area contributed by atoms with E-state index in [0.717, 1.165) is 47.0 Å². The highest BCUT2D eigenvalue weighted by atomic mass is 16.3. The lowest BCUT2D eigenvalue weighted by atomic mass is 9.87. The molecule has 0 spiro atoms. The molecular formula is C21H22N2O2. The van der Waals surface area contributed by atoms with E-state index in [0.29, 0.717) is 5.76 Å². The van der Waals surface area contributed by atoms with Crippen molar-refractivity contribution in [3.05, 3.63) is 64.4 Å². The van der Waals surface area contributed by atoms with Gasteiger partial charge < -0.3 is 15.5 Å². The molecule has 4 nitrogen and oxygen atoms in total. The van der Waals surface area contributed by atoms with Gasteiger partial charge in [-0.15, -0.1) is 0 Å². The minimum Gasteiger partial charge on any atom is -0.450 e. The summed E-state index contributed by atoms with van der Waals surface area (Å²) in [6, 6.07) is 11.9. The maximum atomic E-state index is 12.9. The second-order valence-electron chi connectivity index (χ2n) is 6.88. The molecule has 1 unspecified atom stereocenters. The quantitative estimate of drug-likeness (QED) is 0.681. The predicted octanol–water partition coefficient (Wildman–Crippen LogP) is 4.44. The predicted molar refractivity (Wildman–Crippen MR) is 99.7 cm³/mol. The van der Waals surface area contributed by atoms with Crippen LogP contribution in [0.4, 0.5) is 5.69 Å². The summed E-state index contributed by atoms with van der Waals surface area (Å²) in [5, 5.41) is 4.16. The summed E-state index contributed by atoms with van der Waals surface area (Å²) in [6.45, 7) is 3.93. The van der Waals surface area contributed by atoms with E-state index < -0.39 is 0 Å². The van der Waals surface area contributed by atoms with Gasteiger partial charge in [-0.25, -0.2) is 0 Å². The van der Waals surface area contributed by atoms with Crippen LogP contribution in [0, 0.1) is 13.8 Å². The van der Waals surface area contributed by atoms with E-state index in [1.807, 2.05) is 50.2 Å². The highest BCUT2D eigenvalue weighted by molar-refractivity contribution is 5.99. The number of hydrogen-bond acceptors (Lipinski definition) is 3. The van der Waals surface area contributed by atoms with Gasteiger partial charge in [0.15, 0.2) is 5.76 Å². The number of carbonyl (C=O) groups excluding carboxylic acids is 1. The first-order chi connectivity index (χ1) is 12.0. The number of rotatable bonds is 2. The maximum Gasteiger partial charge on any atom is 0.287 e. The highest BCUT2D eigenvalue weighted by Gasteiger charge is 2.25. The van der Waals surface area contributed by atoms with E-state index in [1.54, 1.807) is 0 Å². The van der Waals surface area contributed by atoms with Crippen molar-refractivity contribution in [1.82, 2.24) is 5.32 Å². The highest BCUT2D eigenvalue weighted by Crippen LogP contribution is 2.32. The summed E-state index contributed by atoms with van der Waals surface area (Å²) in [6.07, 6.45) is 2.98. The van der Waals surface area contributed by atoms with Crippen molar-refractivity contribution >= 4 is 22.6 Å². The van der Waals surface area contributed by atoms with E-state index in [-0.39, 0.29) is 11.9 Å². The topological polar surface area (TPSA) is 68.3 Å². The molecule has 1 aliphatic carbocycles. The van der Waals surface area contributed by atoms with Crippen molar-refractivity contribution in [2.75, 3.05) is 5.73 Å². The van der Waals surface area contributed by atoms with E-state index in [9.17, 15) is 4.79 Å². The zero-order valence-corrected chi connectivity index (χ0v) is 14.6. The van der Waals surface area contributed by atoms with Gasteiger partial charge in [0.05, 0.1) is 6.04 Å². The van der Waals surface area contributed by atoms with Crippen molar-refractivity contribution in [2.45, 2.75) is 39.2 Å². The number of benzene rings is 2. The van der Waals surface area contributed by atoms with Crippen LogP contribution in [0.3, 0.4) is 0 Å². The van der Waals surface area contributed by atoms with Gasteiger partial charge in [0.1, 0.15) is 5.58 Å². The van der Waals surface area contributed by atoms with Gasteiger partial charge in [-0.3, -0.25) is 4.79 Å². The van der Waals surface area contributed by atoms with Crippen molar-refractivity contribution in [2.24, 2.45) is 0 Å². The van der Waals surface area contributed by atoms with Gasteiger partial charge in [-0.1, -0.05) is 24.3 Å². The molecule has 0 bridgehead atoms. The van der Waals surface area contributed by atoms with Gasteiger partial charge in [0.25, 0.3) is 5.91 Å². The van der Waals surface area contributed by atoms with Gasteiger partial charge in [0, 0.05) is 16.6 Å². The number of nitrogen functional groups attached to an aromatic ring is 1. The molecule has 1 amide bonds. The Morgan fingerprint density at radius 1 is 1.24 bits per heavy atom. The lowest BCUT2D eigenvalue weighted by Gasteiger charge is -2.26. The Kier molecular flexibility index (Phi) is 3.75. The number of furan rings is 1. The van der Waals surface area contributed by atoms with Crippen LogP contribution in [0.15, 0.2) is 40.8 Å². The number of para-hydroxylation sites is 1. The summed E-state index contributed by atoms with van der Waals surface area (Å²) >= 11 is 0. The average molecular weight is 334 g/mol. The fourth-order valence-corrected chi connectivity index (χ4v) is 3.81. The van der Waals surface area contributed by atoms with E-state index in [4.69, 9.17) is 10.2 Å². The van der Waals surface area contributed by atoms with Gasteiger partial charge in [-0.2, -0.15) is 0 Å². The monoisotopic (exact) mass is 334 g/mol. The number of fused-ring (bicyclic) bond motifs is 2. The van der Waals surface area contributed by atoms with Gasteiger partial charge in [-0.05, 0) is 61.9 Å². The summed E-state index contributed by atoms with van der Waals surface area (Å²) in [5.41, 5.74) is 11.8. The summed E-state index contributed by atoms with van der Waals surface area (Å²) in [4.78, 5) is 12.9. The molecule has 128 valence electrons. The van der Waals surface area contributed by atoms with E-state index in [2.05, 4.69) is 5.32 Å². The lowest BCUT2D eigenvalue weighted by molar-refractivity contribution is 0.0906. The number of carbonyl (C=O) groups is 1. The molecule has 0 saturated heterocycles. The van der Waals surface area contributed by atoms with Crippen LogP contribution < -0.4 is 11.1 Å². The molecule has 25 heavy (non-hydrogen) atoms. The molecule has 3 aromatic rings. The van der Waals surface area contributed by atoms with Crippen LogP contribution in [0.1, 0.15) is 51.7 Å². The van der Waals surface area contributed by atoms with Gasteiger partial charge in [0.2, 0.25) is 0 Å². The molecule has 1 aliphatic rings. The fraction of sp³-hybridized carbons (Fsp3) is 0.286. The third-order valence-corrected chi connectivity index (χ3v) is 5.15. The zero-order chi connectivity index (χ0) is 17.6. The van der Waals surface area contributed by atoms with Crippen molar-refractivity contribution in [1.29, 1.82) is 0 Å². The first-order valence-corrected chi connectivity index (χ1v) is 8.72. The summed E-state index contributed by atoms with van der Waals surface area (Å²) in [7, 11) is 0. The Morgan fingerprint density at radius 2 is 2.08 bits per heavy atom. The number of amides is 1. The third-order valence-electron chi connectivity index (χ3n) is 5.15. The molecule has 1 aromatic heterocycles. The number of hydrogen-bond donors (Lipinski definition) is 2. The fourth-order valence-electron chi connectivity index (χ4n) is 3.81. The SMILES string of the molecule is Cc1c(C(=O)NC2CCCc3cc(N)ccc32)oc2c(C)cccc12. The summed E-state index contributed by atoms with van der Waals surface area (Å²) in [5.74, 6) is 0.259. The smallest absolute Gasteiger partial charge is 0.287 e. The number of nitrogens with one attached hydrogen (secondary N) is 1. The molecule has 0 fully saturated rings. The Balaban J connectivity index is 1.66. The Morgan fingerprint density at radius 3 is 2.88 bits per heavy atom. The number of anilines is 1. The standard InChI is InChI=1S/C21H22N2O2/c1-12-5-3-7-16-13(2)20(25-19(12)16)21(24)23-18-8-4-6-14-11-15(22)9-10-17(14)18/h3,5,7,9-11,18H,4,6,8,22H2,1-2H3,(H,23,24). The zero-order valence-electron chi connectivity index (χ0n) is 14.6. The summed E-state index contributed by atoms with van der Waals surface area (Å²) < 4.78 is 5.91. The van der Waals surface area contributed by atoms with Gasteiger partial charge >= 0.3 is 0 Å². The van der Waals surface area contributed by atoms with Crippen molar-refractivity contribution < 1.29 is 9.21 Å². The Labute approximate surface area is 147 Å². The average Bonchev–Trinajstić information content (AvgIpc) is 2.93. The molecular weight excluding hydrogens is 312 g/mol. The molecule has 1 atom stereocenters. The van der Waals surface area contributed by atoms with Crippen LogP contribution in [-0.4, -0.2) is 5.91 Å². The Bertz CT molecular complexity index is 971. The second-order valence-corrected chi connectivity index (χ2v) is 6.88. The largest absolute Gasteiger partial charge is 0.450 e. The van der Waals surface area contributed by atoms with Crippen LogP contribution in [-0.2, 0) is 6.42 Å². The molecule has 4 rings (SSSR count). The minimum absolute atomic E-state index is 0.00515. The van der Waals surface area contributed by atoms with Crippen LogP contribution in [0.2, 0.25) is 0 Å². The van der Waals surface area contributed by atoms with Crippen LogP contribution in [0.5, 0.6) is 0 Å². The first kappa shape index (κ1) is 15.8. The molecule has 0 saturated carbocycles.